The summed E-state index contributed by atoms with van der Waals surface area (Å²) in [6.07, 6.45) is 12.9. The summed E-state index contributed by atoms with van der Waals surface area (Å²) in [5.41, 5.74) is 4.96. The van der Waals surface area contributed by atoms with Crippen molar-refractivity contribution in [2.24, 2.45) is 0 Å². The largest absolute Gasteiger partial charge is 0.244 e. The van der Waals surface area contributed by atoms with Gasteiger partial charge in [-0.05, 0) is 17.2 Å². The van der Waals surface area contributed by atoms with Crippen molar-refractivity contribution in [1.29, 1.82) is 0 Å². The van der Waals surface area contributed by atoms with Crippen molar-refractivity contribution in [1.82, 2.24) is 9.97 Å². The zero-order valence-corrected chi connectivity index (χ0v) is 16.1. The van der Waals surface area contributed by atoms with Gasteiger partial charge in [0.1, 0.15) is 6.33 Å². The van der Waals surface area contributed by atoms with Crippen molar-refractivity contribution in [2.45, 2.75) is 6.42 Å². The van der Waals surface area contributed by atoms with Crippen molar-refractivity contribution in [3.63, 3.8) is 0 Å². The standard InChI is InChI=1S/C11H8N2.3Na/c1-2-8-4-10-6-12-7-13-11(10)5-9(8)3-1;;;/h1-3,5-7H,4H2;;;. The van der Waals surface area contributed by atoms with Crippen molar-refractivity contribution in [2.75, 3.05) is 0 Å². The SMILES string of the molecule is C1=CC2=Cc3ncncc3CC2=C1.[Na].[Na].[Na]. The van der Waals surface area contributed by atoms with Crippen LogP contribution in [0.2, 0.25) is 0 Å². The third-order valence-corrected chi connectivity index (χ3v) is 2.44. The Morgan fingerprint density at radius 3 is 2.75 bits per heavy atom. The van der Waals surface area contributed by atoms with Gasteiger partial charge >= 0.3 is 0 Å². The van der Waals surface area contributed by atoms with Crippen molar-refractivity contribution in [3.8, 4) is 0 Å². The van der Waals surface area contributed by atoms with Gasteiger partial charge in [-0.2, -0.15) is 0 Å². The van der Waals surface area contributed by atoms with Crippen LogP contribution in [0.25, 0.3) is 6.08 Å². The molecule has 0 aliphatic heterocycles. The van der Waals surface area contributed by atoms with Crippen LogP contribution in [-0.2, 0) is 6.42 Å². The molecule has 65 valence electrons. The van der Waals surface area contributed by atoms with Crippen LogP contribution < -0.4 is 0 Å². The Labute approximate surface area is 162 Å². The molecule has 0 amide bonds. The van der Waals surface area contributed by atoms with Crippen LogP contribution in [0, 0.1) is 0 Å². The smallest absolute Gasteiger partial charge is 0.116 e. The minimum atomic E-state index is 0. The van der Waals surface area contributed by atoms with Gasteiger partial charge in [0, 0.05) is 107 Å². The minimum Gasteiger partial charge on any atom is -0.244 e. The van der Waals surface area contributed by atoms with Gasteiger partial charge in [0.2, 0.25) is 0 Å². The van der Waals surface area contributed by atoms with Gasteiger partial charge in [-0.25, -0.2) is 9.97 Å². The normalized spacial score (nSPS) is 14.2. The molecule has 1 aromatic heterocycles. The van der Waals surface area contributed by atoms with Gasteiger partial charge in [-0.15, -0.1) is 0 Å². The molecule has 2 aliphatic rings. The molecule has 0 atom stereocenters. The van der Waals surface area contributed by atoms with Crippen LogP contribution >= 0.6 is 0 Å². The fourth-order valence-corrected chi connectivity index (χ4v) is 1.76. The van der Waals surface area contributed by atoms with E-state index in [1.54, 1.807) is 6.33 Å². The number of nitrogens with zero attached hydrogens (tertiary/aromatic N) is 2. The number of fused-ring (bicyclic) bond motifs is 2. The third-order valence-electron chi connectivity index (χ3n) is 2.44. The maximum absolute atomic E-state index is 4.23. The summed E-state index contributed by atoms with van der Waals surface area (Å²) in [6.45, 7) is 0. The molecule has 3 radical (unpaired) electrons. The molecule has 16 heavy (non-hydrogen) atoms. The second-order valence-electron chi connectivity index (χ2n) is 3.26. The van der Waals surface area contributed by atoms with E-state index < -0.39 is 0 Å². The van der Waals surface area contributed by atoms with Gasteiger partial charge in [0.05, 0.1) is 5.69 Å². The molecule has 2 nitrogen and oxygen atoms in total. The van der Waals surface area contributed by atoms with Crippen molar-refractivity contribution >= 4 is 94.7 Å². The van der Waals surface area contributed by atoms with E-state index in [-0.39, 0.29) is 88.7 Å². The Bertz CT molecular complexity index is 464. The summed E-state index contributed by atoms with van der Waals surface area (Å²) in [6, 6.07) is 0. The third kappa shape index (κ3) is 3.41. The van der Waals surface area contributed by atoms with E-state index in [0.717, 1.165) is 12.1 Å². The monoisotopic (exact) mass is 237 g/mol. The number of hydrogen-bond donors (Lipinski definition) is 0. The predicted octanol–water partition coefficient (Wildman–Crippen LogP) is 0.770. The molecule has 0 N–H and O–H groups in total. The fourth-order valence-electron chi connectivity index (χ4n) is 1.76. The average Bonchev–Trinajstić information content (AvgIpc) is 2.61. The first kappa shape index (κ1) is 17.3. The molecule has 1 aromatic rings. The topological polar surface area (TPSA) is 25.8 Å². The molecule has 0 unspecified atom stereocenters. The Morgan fingerprint density at radius 2 is 1.94 bits per heavy atom. The minimum absolute atomic E-state index is 0. The first-order valence-corrected chi connectivity index (χ1v) is 4.32. The van der Waals surface area contributed by atoms with Crippen LogP contribution in [0.15, 0.2) is 41.9 Å². The molecule has 0 fully saturated rings. The Kier molecular flexibility index (Phi) is 8.30. The van der Waals surface area contributed by atoms with E-state index in [1.165, 1.54) is 16.7 Å². The zero-order valence-electron chi connectivity index (χ0n) is 10.1. The van der Waals surface area contributed by atoms with Crippen LogP contribution in [0.4, 0.5) is 0 Å². The summed E-state index contributed by atoms with van der Waals surface area (Å²) in [4.78, 5) is 8.26. The molecule has 0 saturated carbocycles. The van der Waals surface area contributed by atoms with Gasteiger partial charge < -0.3 is 0 Å². The summed E-state index contributed by atoms with van der Waals surface area (Å²) in [5.74, 6) is 0. The summed E-state index contributed by atoms with van der Waals surface area (Å²) >= 11 is 0. The Balaban J connectivity index is 0.000000750. The van der Waals surface area contributed by atoms with E-state index in [1.807, 2.05) is 6.20 Å². The quantitative estimate of drug-likeness (QED) is 0.623. The van der Waals surface area contributed by atoms with Crippen LogP contribution in [0.5, 0.6) is 0 Å². The maximum Gasteiger partial charge on any atom is 0.116 e. The molecule has 3 rings (SSSR count). The van der Waals surface area contributed by atoms with Gasteiger partial charge in [-0.3, -0.25) is 0 Å². The second-order valence-corrected chi connectivity index (χ2v) is 3.26. The molecule has 0 bridgehead atoms. The van der Waals surface area contributed by atoms with Crippen molar-refractivity contribution < 1.29 is 0 Å². The van der Waals surface area contributed by atoms with Gasteiger partial charge in [-0.1, -0.05) is 18.2 Å². The molecular formula is C11H8N2Na3. The molecule has 2 aliphatic carbocycles. The van der Waals surface area contributed by atoms with Crippen LogP contribution in [-0.4, -0.2) is 98.6 Å². The van der Waals surface area contributed by atoms with E-state index >= 15 is 0 Å². The second kappa shape index (κ2) is 7.67. The average molecular weight is 237 g/mol. The fraction of sp³-hybridized carbons (Fsp3) is 0.0909. The first-order chi connectivity index (χ1) is 6.43. The van der Waals surface area contributed by atoms with E-state index in [0.29, 0.717) is 0 Å². The van der Waals surface area contributed by atoms with Gasteiger partial charge in [0.15, 0.2) is 0 Å². The molecular weight excluding hydrogens is 229 g/mol. The molecule has 1 heterocycles. The summed E-state index contributed by atoms with van der Waals surface area (Å²) in [7, 11) is 0. The van der Waals surface area contributed by atoms with E-state index in [9.17, 15) is 0 Å². The summed E-state index contributed by atoms with van der Waals surface area (Å²) < 4.78 is 0. The Hall–Kier alpha value is 1.30. The number of aromatic nitrogens is 2. The molecule has 0 saturated heterocycles. The van der Waals surface area contributed by atoms with Crippen LogP contribution in [0.3, 0.4) is 0 Å². The zero-order chi connectivity index (χ0) is 8.67. The van der Waals surface area contributed by atoms with Gasteiger partial charge in [0.25, 0.3) is 0 Å². The van der Waals surface area contributed by atoms with E-state index in [2.05, 4.69) is 34.3 Å². The Morgan fingerprint density at radius 1 is 1.12 bits per heavy atom. The number of hydrogen-bond acceptors (Lipinski definition) is 2. The maximum atomic E-state index is 4.23. The molecule has 0 spiro atoms. The summed E-state index contributed by atoms with van der Waals surface area (Å²) in [5, 5.41) is 0. The predicted molar refractivity (Wildman–Crippen MR) is 68.2 cm³/mol. The van der Waals surface area contributed by atoms with Crippen LogP contribution in [0.1, 0.15) is 11.3 Å². The van der Waals surface area contributed by atoms with E-state index in [4.69, 9.17) is 0 Å². The number of allylic oxidation sites excluding steroid dienone is 5. The molecule has 5 heteroatoms. The number of rotatable bonds is 0. The molecule has 0 aromatic carbocycles. The van der Waals surface area contributed by atoms with Crippen molar-refractivity contribution in [3.05, 3.63) is 53.2 Å². The first-order valence-electron chi connectivity index (χ1n) is 4.32.